The molecular weight excluding hydrogens is 248 g/mol. The lowest BCUT2D eigenvalue weighted by Crippen LogP contribution is -2.49. The molecule has 6 nitrogen and oxygen atoms in total. The Morgan fingerprint density at radius 1 is 1.32 bits per heavy atom. The first-order valence-corrected chi connectivity index (χ1v) is 6.00. The fraction of sp³-hybridized carbons (Fsp3) is 0.385. The summed E-state index contributed by atoms with van der Waals surface area (Å²) in [6.45, 7) is 1.75. The highest BCUT2D eigenvalue weighted by Gasteiger charge is 2.22. The van der Waals surface area contributed by atoms with Crippen molar-refractivity contribution in [3.8, 4) is 5.75 Å². The number of carbonyl (C=O) groups is 2. The molecule has 2 atom stereocenters. The monoisotopic (exact) mass is 266 g/mol. The van der Waals surface area contributed by atoms with Gasteiger partial charge in [-0.15, -0.1) is 0 Å². The van der Waals surface area contributed by atoms with Crippen molar-refractivity contribution in [1.82, 2.24) is 5.32 Å². The Kier molecular flexibility index (Phi) is 5.32. The van der Waals surface area contributed by atoms with Gasteiger partial charge >= 0.3 is 5.97 Å². The quantitative estimate of drug-likeness (QED) is 0.589. The fourth-order valence-electron chi connectivity index (χ4n) is 1.53. The zero-order chi connectivity index (χ0) is 14.4. The van der Waals surface area contributed by atoms with Crippen LogP contribution in [0.25, 0.3) is 0 Å². The molecule has 104 valence electrons. The minimum atomic E-state index is -1.12. The van der Waals surface area contributed by atoms with Gasteiger partial charge in [-0.25, -0.2) is 4.79 Å². The topological polar surface area (TPSA) is 113 Å². The van der Waals surface area contributed by atoms with Gasteiger partial charge < -0.3 is 21.3 Å². The predicted molar refractivity (Wildman–Crippen MR) is 69.6 cm³/mol. The van der Waals surface area contributed by atoms with Crippen molar-refractivity contribution in [2.24, 2.45) is 5.73 Å². The maximum Gasteiger partial charge on any atom is 0.326 e. The number of nitrogens with two attached hydrogens (primary N) is 1. The van der Waals surface area contributed by atoms with Crippen LogP contribution < -0.4 is 11.1 Å². The molecule has 0 saturated carbocycles. The van der Waals surface area contributed by atoms with Gasteiger partial charge in [0.15, 0.2) is 0 Å². The molecule has 1 aromatic rings. The average Bonchev–Trinajstić information content (AvgIpc) is 2.39. The zero-order valence-electron chi connectivity index (χ0n) is 10.7. The van der Waals surface area contributed by atoms with E-state index in [1.54, 1.807) is 19.1 Å². The van der Waals surface area contributed by atoms with Crippen molar-refractivity contribution in [2.45, 2.75) is 31.8 Å². The van der Waals surface area contributed by atoms with Gasteiger partial charge in [0.05, 0.1) is 6.04 Å². The van der Waals surface area contributed by atoms with Crippen molar-refractivity contribution >= 4 is 11.9 Å². The molecule has 5 N–H and O–H groups in total. The highest BCUT2D eigenvalue weighted by atomic mass is 16.4. The average molecular weight is 266 g/mol. The van der Waals surface area contributed by atoms with E-state index >= 15 is 0 Å². The summed E-state index contributed by atoms with van der Waals surface area (Å²) in [5, 5.41) is 20.6. The Morgan fingerprint density at radius 2 is 1.89 bits per heavy atom. The number of hydrogen-bond donors (Lipinski definition) is 4. The second-order valence-electron chi connectivity index (χ2n) is 4.28. The first-order chi connectivity index (χ1) is 8.93. The number of nitrogens with one attached hydrogen (secondary N) is 1. The smallest absolute Gasteiger partial charge is 0.326 e. The van der Waals surface area contributed by atoms with Crippen LogP contribution in [-0.2, 0) is 16.0 Å². The van der Waals surface area contributed by atoms with E-state index in [0.717, 1.165) is 0 Å². The fourth-order valence-corrected chi connectivity index (χ4v) is 1.53. The van der Waals surface area contributed by atoms with Gasteiger partial charge in [-0.05, 0) is 24.1 Å². The minimum Gasteiger partial charge on any atom is -0.508 e. The highest BCUT2D eigenvalue weighted by molar-refractivity contribution is 5.86. The van der Waals surface area contributed by atoms with E-state index in [4.69, 9.17) is 15.9 Å². The Balaban J connectivity index is 2.71. The molecular formula is C13H18N2O4. The third-order valence-corrected chi connectivity index (χ3v) is 2.77. The van der Waals surface area contributed by atoms with Crippen LogP contribution in [0.4, 0.5) is 0 Å². The molecule has 0 unspecified atom stereocenters. The largest absolute Gasteiger partial charge is 0.508 e. The summed E-state index contributed by atoms with van der Waals surface area (Å²) in [5.74, 6) is -1.49. The number of hydrogen-bond acceptors (Lipinski definition) is 4. The van der Waals surface area contributed by atoms with Crippen LogP contribution in [0, 0.1) is 0 Å². The summed E-state index contributed by atoms with van der Waals surface area (Å²) in [6.07, 6.45) is 0.579. The first-order valence-electron chi connectivity index (χ1n) is 6.00. The van der Waals surface area contributed by atoms with Gasteiger partial charge in [-0.3, -0.25) is 4.79 Å². The van der Waals surface area contributed by atoms with Gasteiger partial charge in [0.2, 0.25) is 5.91 Å². The third-order valence-electron chi connectivity index (χ3n) is 2.77. The van der Waals surface area contributed by atoms with Gasteiger partial charge in [-0.1, -0.05) is 19.1 Å². The molecule has 0 heterocycles. The van der Waals surface area contributed by atoms with Gasteiger partial charge in [-0.2, -0.15) is 0 Å². The van der Waals surface area contributed by atoms with Crippen LogP contribution in [0.3, 0.4) is 0 Å². The zero-order valence-corrected chi connectivity index (χ0v) is 10.7. The number of carboxylic acids is 1. The van der Waals surface area contributed by atoms with E-state index in [9.17, 15) is 9.59 Å². The van der Waals surface area contributed by atoms with Crippen LogP contribution >= 0.6 is 0 Å². The second-order valence-corrected chi connectivity index (χ2v) is 4.28. The maximum atomic E-state index is 11.6. The number of benzene rings is 1. The molecule has 19 heavy (non-hydrogen) atoms. The number of phenolic OH excluding ortho intramolecular Hbond substituents is 1. The number of phenols is 1. The second kappa shape index (κ2) is 6.75. The summed E-state index contributed by atoms with van der Waals surface area (Å²) < 4.78 is 0. The van der Waals surface area contributed by atoms with Crippen molar-refractivity contribution in [3.05, 3.63) is 29.8 Å². The van der Waals surface area contributed by atoms with Crippen LogP contribution in [0.1, 0.15) is 18.9 Å². The lowest BCUT2D eigenvalue weighted by molar-refractivity contribution is -0.142. The van der Waals surface area contributed by atoms with Crippen molar-refractivity contribution < 1.29 is 19.8 Å². The minimum absolute atomic E-state index is 0.104. The Bertz CT molecular complexity index is 444. The molecule has 0 aliphatic heterocycles. The number of carboxylic acid groups (broad SMARTS) is 1. The molecule has 1 amide bonds. The number of aliphatic carboxylic acids is 1. The van der Waals surface area contributed by atoms with E-state index in [1.165, 1.54) is 12.1 Å². The molecule has 0 aliphatic carbocycles. The molecule has 0 fully saturated rings. The van der Waals surface area contributed by atoms with Crippen molar-refractivity contribution in [3.63, 3.8) is 0 Å². The number of aromatic hydroxyl groups is 1. The standard InChI is InChI=1S/C13H18N2O4/c1-2-10(14)12(17)15-11(13(18)19)7-8-3-5-9(16)6-4-8/h3-6,10-11,16H,2,7,14H2,1H3,(H,15,17)(H,18,19)/t10-,11-/m1/s1. The van der Waals surface area contributed by atoms with E-state index < -0.39 is 24.0 Å². The molecule has 0 saturated heterocycles. The van der Waals surface area contributed by atoms with Gasteiger partial charge in [0.25, 0.3) is 0 Å². The van der Waals surface area contributed by atoms with E-state index in [1.807, 2.05) is 0 Å². The summed E-state index contributed by atoms with van der Waals surface area (Å²) in [4.78, 5) is 22.7. The van der Waals surface area contributed by atoms with Crippen LogP contribution in [0.15, 0.2) is 24.3 Å². The molecule has 0 aliphatic rings. The normalized spacial score (nSPS) is 13.6. The molecule has 1 aromatic carbocycles. The Hall–Kier alpha value is -2.08. The first kappa shape index (κ1) is 15.0. The molecule has 0 aromatic heterocycles. The van der Waals surface area contributed by atoms with Gasteiger partial charge in [0, 0.05) is 6.42 Å². The van der Waals surface area contributed by atoms with E-state index in [2.05, 4.69) is 5.32 Å². The molecule has 0 bridgehead atoms. The van der Waals surface area contributed by atoms with E-state index in [-0.39, 0.29) is 12.2 Å². The lowest BCUT2D eigenvalue weighted by Gasteiger charge is -2.17. The van der Waals surface area contributed by atoms with Crippen molar-refractivity contribution in [1.29, 1.82) is 0 Å². The molecule has 0 radical (unpaired) electrons. The highest BCUT2D eigenvalue weighted by Crippen LogP contribution is 2.11. The van der Waals surface area contributed by atoms with Crippen LogP contribution in [-0.4, -0.2) is 34.2 Å². The lowest BCUT2D eigenvalue weighted by atomic mass is 10.1. The third kappa shape index (κ3) is 4.59. The Morgan fingerprint density at radius 3 is 2.37 bits per heavy atom. The Labute approximate surface area is 111 Å². The molecule has 1 rings (SSSR count). The summed E-state index contributed by atoms with van der Waals surface area (Å²) in [7, 11) is 0. The maximum absolute atomic E-state index is 11.6. The number of rotatable bonds is 6. The summed E-state index contributed by atoms with van der Waals surface area (Å²) >= 11 is 0. The van der Waals surface area contributed by atoms with Gasteiger partial charge in [0.1, 0.15) is 11.8 Å². The number of amides is 1. The molecule has 6 heteroatoms. The van der Waals surface area contributed by atoms with E-state index in [0.29, 0.717) is 12.0 Å². The summed E-state index contributed by atoms with van der Waals surface area (Å²) in [5.41, 5.74) is 6.24. The van der Waals surface area contributed by atoms with Crippen LogP contribution in [0.5, 0.6) is 5.75 Å². The van der Waals surface area contributed by atoms with Crippen molar-refractivity contribution in [2.75, 3.05) is 0 Å². The SMILES string of the molecule is CC[C@@H](N)C(=O)N[C@H](Cc1ccc(O)cc1)C(=O)O. The predicted octanol–water partition coefficient (Wildman–Crippen LogP) is 0.241. The number of carbonyl (C=O) groups excluding carboxylic acids is 1. The van der Waals surface area contributed by atoms with Crippen LogP contribution in [0.2, 0.25) is 0 Å². The molecule has 0 spiro atoms. The summed E-state index contributed by atoms with van der Waals surface area (Å²) in [6, 6.07) is 4.41.